The fourth-order valence-corrected chi connectivity index (χ4v) is 3.40. The van der Waals surface area contributed by atoms with Gasteiger partial charge in [-0.05, 0) is 19.3 Å². The minimum atomic E-state index is 0.149. The van der Waals surface area contributed by atoms with Crippen LogP contribution in [0.5, 0.6) is 0 Å². The van der Waals surface area contributed by atoms with E-state index in [1.165, 1.54) is 25.5 Å². The highest BCUT2D eigenvalue weighted by Gasteiger charge is 2.31. The van der Waals surface area contributed by atoms with Gasteiger partial charge in [-0.1, -0.05) is 19.3 Å². The van der Waals surface area contributed by atoms with Gasteiger partial charge in [0.05, 0.1) is 0 Å². The first-order valence-corrected chi connectivity index (χ1v) is 8.04. The number of carbonyl (C=O) groups excluding carboxylic acids is 1. The molecule has 116 valence electrons. The fraction of sp³-hybridized carbons (Fsp3) is 0.625. The molecule has 1 atom stereocenters. The minimum Gasteiger partial charge on any atom is -0.363 e. The monoisotopic (exact) mass is 299 g/mol. The maximum Gasteiger partial charge on any atom is 0.225 e. The summed E-state index contributed by atoms with van der Waals surface area (Å²) in [6.45, 7) is 1.48. The van der Waals surface area contributed by atoms with Crippen molar-refractivity contribution < 1.29 is 4.79 Å². The van der Waals surface area contributed by atoms with Crippen LogP contribution in [0.15, 0.2) is 12.4 Å². The first-order valence-electron chi connectivity index (χ1n) is 8.04. The molecule has 1 aromatic rings. The molecule has 0 spiro atoms. The Morgan fingerprint density at radius 2 is 2.00 bits per heavy atom. The summed E-state index contributed by atoms with van der Waals surface area (Å²) in [5.74, 6) is 1.05. The Kier molecular flexibility index (Phi) is 4.52. The molecule has 6 heteroatoms. The Labute approximate surface area is 130 Å². The Balaban J connectivity index is 1.58. The molecular weight excluding hydrogens is 278 g/mol. The molecule has 1 saturated carbocycles. The van der Waals surface area contributed by atoms with Gasteiger partial charge in [0, 0.05) is 37.4 Å². The van der Waals surface area contributed by atoms with Gasteiger partial charge in [-0.15, -0.1) is 0 Å². The SMILES string of the molecule is N#Cc1nccnc1N[C@@H]1CCN(C(=O)C2CCCCC2)C1. The Morgan fingerprint density at radius 3 is 2.77 bits per heavy atom. The predicted molar refractivity (Wildman–Crippen MR) is 81.9 cm³/mol. The Hall–Kier alpha value is -2.16. The molecule has 1 N–H and O–H groups in total. The van der Waals surface area contributed by atoms with E-state index in [2.05, 4.69) is 15.3 Å². The summed E-state index contributed by atoms with van der Waals surface area (Å²) in [5, 5.41) is 12.3. The number of likely N-dealkylation sites (tertiary alicyclic amines) is 1. The molecule has 0 unspecified atom stereocenters. The molecule has 1 saturated heterocycles. The highest BCUT2D eigenvalue weighted by molar-refractivity contribution is 5.79. The van der Waals surface area contributed by atoms with Gasteiger partial charge < -0.3 is 10.2 Å². The van der Waals surface area contributed by atoms with Crippen LogP contribution in [0.4, 0.5) is 5.82 Å². The normalized spacial score (nSPS) is 22.3. The Morgan fingerprint density at radius 1 is 1.23 bits per heavy atom. The third-order valence-electron chi connectivity index (χ3n) is 4.60. The molecule has 1 aliphatic heterocycles. The zero-order valence-electron chi connectivity index (χ0n) is 12.7. The zero-order valence-corrected chi connectivity index (χ0v) is 12.7. The number of carbonyl (C=O) groups is 1. The van der Waals surface area contributed by atoms with Gasteiger partial charge in [-0.2, -0.15) is 5.26 Å². The summed E-state index contributed by atoms with van der Waals surface area (Å²) in [5.41, 5.74) is 0.305. The van der Waals surface area contributed by atoms with E-state index in [0.29, 0.717) is 24.0 Å². The third-order valence-corrected chi connectivity index (χ3v) is 4.60. The minimum absolute atomic E-state index is 0.149. The standard InChI is InChI=1S/C16H21N5O/c17-10-14-15(19-8-7-18-14)20-13-6-9-21(11-13)16(22)12-4-2-1-3-5-12/h7-8,12-13H,1-6,9,11H2,(H,19,20)/t13-/m1/s1. The number of aromatic nitrogens is 2. The van der Waals surface area contributed by atoms with Crippen LogP contribution in [-0.4, -0.2) is 39.9 Å². The van der Waals surface area contributed by atoms with Crippen molar-refractivity contribution in [1.82, 2.24) is 14.9 Å². The van der Waals surface area contributed by atoms with Crippen molar-refractivity contribution >= 4 is 11.7 Å². The van der Waals surface area contributed by atoms with E-state index >= 15 is 0 Å². The van der Waals surface area contributed by atoms with Crippen LogP contribution in [0.1, 0.15) is 44.2 Å². The van der Waals surface area contributed by atoms with Crippen molar-refractivity contribution in [2.45, 2.75) is 44.6 Å². The number of nitrogens with one attached hydrogen (secondary N) is 1. The van der Waals surface area contributed by atoms with Crippen LogP contribution in [0.3, 0.4) is 0 Å². The predicted octanol–water partition coefficient (Wildman–Crippen LogP) is 1.94. The molecule has 1 amide bonds. The van der Waals surface area contributed by atoms with Gasteiger partial charge in [0.1, 0.15) is 6.07 Å². The average Bonchev–Trinajstić information content (AvgIpc) is 3.04. The smallest absolute Gasteiger partial charge is 0.225 e. The number of nitriles is 1. The lowest BCUT2D eigenvalue weighted by atomic mass is 9.88. The van der Waals surface area contributed by atoms with Crippen molar-refractivity contribution in [1.29, 1.82) is 5.26 Å². The van der Waals surface area contributed by atoms with Crippen molar-refractivity contribution in [2.75, 3.05) is 18.4 Å². The number of hydrogen-bond acceptors (Lipinski definition) is 5. The van der Waals surface area contributed by atoms with E-state index in [0.717, 1.165) is 25.8 Å². The largest absolute Gasteiger partial charge is 0.363 e. The summed E-state index contributed by atoms with van der Waals surface area (Å²) >= 11 is 0. The van der Waals surface area contributed by atoms with Gasteiger partial charge in [0.2, 0.25) is 5.91 Å². The number of anilines is 1. The highest BCUT2D eigenvalue weighted by Crippen LogP contribution is 2.27. The van der Waals surface area contributed by atoms with E-state index in [9.17, 15) is 4.79 Å². The van der Waals surface area contributed by atoms with Crippen LogP contribution in [-0.2, 0) is 4.79 Å². The second-order valence-electron chi connectivity index (χ2n) is 6.11. The van der Waals surface area contributed by atoms with E-state index < -0.39 is 0 Å². The molecule has 1 aliphatic carbocycles. The van der Waals surface area contributed by atoms with Crippen LogP contribution in [0, 0.1) is 17.2 Å². The maximum atomic E-state index is 12.5. The van der Waals surface area contributed by atoms with E-state index in [4.69, 9.17) is 5.26 Å². The number of amides is 1. The molecular formula is C16H21N5O. The summed E-state index contributed by atoms with van der Waals surface area (Å²) in [6.07, 6.45) is 9.66. The van der Waals surface area contributed by atoms with Gasteiger partial charge in [-0.25, -0.2) is 9.97 Å². The molecule has 22 heavy (non-hydrogen) atoms. The molecule has 2 heterocycles. The molecule has 2 fully saturated rings. The van der Waals surface area contributed by atoms with E-state index in [1.54, 1.807) is 6.20 Å². The Bertz CT molecular complexity index is 576. The van der Waals surface area contributed by atoms with Gasteiger partial charge in [-0.3, -0.25) is 4.79 Å². The first kappa shape index (κ1) is 14.8. The lowest BCUT2D eigenvalue weighted by Gasteiger charge is -2.26. The van der Waals surface area contributed by atoms with Crippen LogP contribution in [0.2, 0.25) is 0 Å². The fourth-order valence-electron chi connectivity index (χ4n) is 3.40. The van der Waals surface area contributed by atoms with Gasteiger partial charge in [0.15, 0.2) is 11.5 Å². The quantitative estimate of drug-likeness (QED) is 0.922. The average molecular weight is 299 g/mol. The number of hydrogen-bond donors (Lipinski definition) is 1. The third kappa shape index (κ3) is 3.19. The molecule has 0 radical (unpaired) electrons. The second kappa shape index (κ2) is 6.73. The van der Waals surface area contributed by atoms with Crippen molar-refractivity contribution in [3.63, 3.8) is 0 Å². The number of nitrogens with zero attached hydrogens (tertiary/aromatic N) is 4. The summed E-state index contributed by atoms with van der Waals surface area (Å²) in [7, 11) is 0. The molecule has 0 aromatic carbocycles. The van der Waals surface area contributed by atoms with Crippen LogP contribution >= 0.6 is 0 Å². The lowest BCUT2D eigenvalue weighted by molar-refractivity contribution is -0.135. The van der Waals surface area contributed by atoms with E-state index in [-0.39, 0.29) is 12.0 Å². The van der Waals surface area contributed by atoms with Gasteiger partial charge in [0.25, 0.3) is 0 Å². The van der Waals surface area contributed by atoms with Gasteiger partial charge >= 0.3 is 0 Å². The topological polar surface area (TPSA) is 81.9 Å². The van der Waals surface area contributed by atoms with E-state index in [1.807, 2.05) is 11.0 Å². The van der Waals surface area contributed by atoms with Crippen molar-refractivity contribution in [3.05, 3.63) is 18.1 Å². The number of rotatable bonds is 3. The molecule has 2 aliphatic rings. The van der Waals surface area contributed by atoms with Crippen LogP contribution in [0.25, 0.3) is 0 Å². The molecule has 3 rings (SSSR count). The highest BCUT2D eigenvalue weighted by atomic mass is 16.2. The van der Waals surface area contributed by atoms with Crippen molar-refractivity contribution in [2.24, 2.45) is 5.92 Å². The summed E-state index contributed by atoms with van der Waals surface area (Å²) < 4.78 is 0. The summed E-state index contributed by atoms with van der Waals surface area (Å²) in [6, 6.07) is 2.19. The summed E-state index contributed by atoms with van der Waals surface area (Å²) in [4.78, 5) is 22.7. The first-order chi connectivity index (χ1) is 10.8. The lowest BCUT2D eigenvalue weighted by Crippen LogP contribution is -2.37. The molecule has 1 aromatic heterocycles. The van der Waals surface area contributed by atoms with Crippen molar-refractivity contribution in [3.8, 4) is 6.07 Å². The molecule has 0 bridgehead atoms. The van der Waals surface area contributed by atoms with Crippen LogP contribution < -0.4 is 5.32 Å². The second-order valence-corrected chi connectivity index (χ2v) is 6.11. The molecule has 6 nitrogen and oxygen atoms in total. The maximum absolute atomic E-state index is 12.5. The zero-order chi connectivity index (χ0) is 15.4.